The molecule has 0 radical (unpaired) electrons. The number of thiophene rings is 1. The summed E-state index contributed by atoms with van der Waals surface area (Å²) < 4.78 is 0. The Morgan fingerprint density at radius 2 is 1.82 bits per heavy atom. The molecule has 114 valence electrons. The number of piperidine rings is 1. The molecule has 2 heterocycles. The maximum atomic E-state index is 12.5. The molecule has 2 amide bonds. The van der Waals surface area contributed by atoms with Crippen LogP contribution >= 0.6 is 11.3 Å². The molecule has 5 heteroatoms. The summed E-state index contributed by atoms with van der Waals surface area (Å²) in [6.45, 7) is 1.50. The average Bonchev–Trinajstić information content (AvgIpc) is 3.05. The summed E-state index contributed by atoms with van der Waals surface area (Å²) in [6, 6.07) is 12.0. The van der Waals surface area contributed by atoms with Crippen LogP contribution in [0.2, 0.25) is 0 Å². The quantitative estimate of drug-likeness (QED) is 0.947. The molecular formula is C17H18N2O2S. The van der Waals surface area contributed by atoms with Crippen molar-refractivity contribution in [3.63, 3.8) is 0 Å². The number of nitrogens with two attached hydrogens (primary N) is 1. The van der Waals surface area contributed by atoms with Crippen molar-refractivity contribution in [2.24, 2.45) is 5.73 Å². The molecule has 1 saturated heterocycles. The Hall–Kier alpha value is -2.14. The third-order valence-corrected chi connectivity index (χ3v) is 5.07. The highest BCUT2D eigenvalue weighted by Gasteiger charge is 2.25. The molecule has 1 aromatic carbocycles. The fourth-order valence-corrected chi connectivity index (χ4v) is 3.74. The number of carbonyl (C=O) groups is 2. The van der Waals surface area contributed by atoms with Gasteiger partial charge in [-0.25, -0.2) is 0 Å². The molecule has 1 aromatic heterocycles. The lowest BCUT2D eigenvalue weighted by atomic mass is 9.89. The normalized spacial score (nSPS) is 15.7. The summed E-state index contributed by atoms with van der Waals surface area (Å²) in [6.07, 6.45) is 1.95. The van der Waals surface area contributed by atoms with Gasteiger partial charge >= 0.3 is 0 Å². The molecule has 0 bridgehead atoms. The predicted molar refractivity (Wildman–Crippen MR) is 87.2 cm³/mol. The molecule has 1 fully saturated rings. The van der Waals surface area contributed by atoms with E-state index in [-0.39, 0.29) is 5.91 Å². The topological polar surface area (TPSA) is 63.4 Å². The molecule has 3 rings (SSSR count). The van der Waals surface area contributed by atoms with Crippen molar-refractivity contribution < 1.29 is 9.59 Å². The molecule has 0 spiro atoms. The molecule has 1 aliphatic rings. The Kier molecular flexibility index (Phi) is 4.24. The first-order valence-corrected chi connectivity index (χ1v) is 8.25. The molecule has 1 aliphatic heterocycles. The van der Waals surface area contributed by atoms with Crippen molar-refractivity contribution in [3.05, 3.63) is 57.8 Å². The molecule has 4 nitrogen and oxygen atoms in total. The number of carbonyl (C=O) groups excluding carboxylic acids is 2. The minimum Gasteiger partial charge on any atom is -0.366 e. The first-order valence-electron chi connectivity index (χ1n) is 7.37. The highest BCUT2D eigenvalue weighted by molar-refractivity contribution is 7.12. The number of primary amides is 1. The van der Waals surface area contributed by atoms with Gasteiger partial charge in [0.2, 0.25) is 5.91 Å². The fourth-order valence-electron chi connectivity index (χ4n) is 2.87. The Morgan fingerprint density at radius 1 is 1.14 bits per heavy atom. The lowest BCUT2D eigenvalue weighted by Crippen LogP contribution is -2.37. The second-order valence-corrected chi connectivity index (χ2v) is 6.45. The number of amides is 2. The molecule has 0 aliphatic carbocycles. The molecule has 0 unspecified atom stereocenters. The number of nitrogens with zero attached hydrogens (tertiary/aromatic N) is 1. The van der Waals surface area contributed by atoms with E-state index < -0.39 is 5.91 Å². The van der Waals surface area contributed by atoms with E-state index in [4.69, 9.17) is 5.73 Å². The van der Waals surface area contributed by atoms with Gasteiger partial charge in [-0.3, -0.25) is 9.59 Å². The standard InChI is InChI=1S/C17H18N2O2S/c18-16(20)14-10-15(22-11-14)17(21)19-8-6-13(7-9-19)12-4-2-1-3-5-12/h1-5,10-11,13H,6-9H2,(H2,18,20). The Morgan fingerprint density at radius 3 is 2.41 bits per heavy atom. The first-order chi connectivity index (χ1) is 10.6. The molecule has 2 aromatic rings. The Balaban J connectivity index is 1.63. The SMILES string of the molecule is NC(=O)c1csc(C(=O)N2CCC(c3ccccc3)CC2)c1. The van der Waals surface area contributed by atoms with E-state index in [1.807, 2.05) is 11.0 Å². The summed E-state index contributed by atoms with van der Waals surface area (Å²) in [5.41, 5.74) is 6.99. The van der Waals surface area contributed by atoms with Crippen LogP contribution in [0.25, 0.3) is 0 Å². The van der Waals surface area contributed by atoms with Gasteiger partial charge in [0.1, 0.15) is 0 Å². The van der Waals surface area contributed by atoms with Gasteiger partial charge in [-0.05, 0) is 30.4 Å². The largest absolute Gasteiger partial charge is 0.366 e. The van der Waals surface area contributed by atoms with Crippen LogP contribution in [0.15, 0.2) is 41.8 Å². The zero-order valence-electron chi connectivity index (χ0n) is 12.2. The minimum absolute atomic E-state index is 0.00371. The second kappa shape index (κ2) is 6.32. The lowest BCUT2D eigenvalue weighted by molar-refractivity contribution is 0.0718. The molecule has 2 N–H and O–H groups in total. The van der Waals surface area contributed by atoms with E-state index in [1.54, 1.807) is 11.4 Å². The second-order valence-electron chi connectivity index (χ2n) is 5.54. The zero-order chi connectivity index (χ0) is 15.5. The van der Waals surface area contributed by atoms with E-state index in [0.29, 0.717) is 16.4 Å². The molecular weight excluding hydrogens is 296 g/mol. The number of hydrogen-bond donors (Lipinski definition) is 1. The smallest absolute Gasteiger partial charge is 0.263 e. The number of hydrogen-bond acceptors (Lipinski definition) is 3. The van der Waals surface area contributed by atoms with E-state index in [1.165, 1.54) is 16.9 Å². The summed E-state index contributed by atoms with van der Waals surface area (Å²) in [7, 11) is 0. The van der Waals surface area contributed by atoms with Gasteiger partial charge in [0, 0.05) is 18.5 Å². The van der Waals surface area contributed by atoms with Crippen LogP contribution in [-0.2, 0) is 0 Å². The first kappa shape index (κ1) is 14.8. The monoisotopic (exact) mass is 314 g/mol. The van der Waals surface area contributed by atoms with Crippen molar-refractivity contribution in [1.29, 1.82) is 0 Å². The molecule has 0 atom stereocenters. The number of rotatable bonds is 3. The van der Waals surface area contributed by atoms with Crippen LogP contribution in [0.3, 0.4) is 0 Å². The summed E-state index contributed by atoms with van der Waals surface area (Å²) in [5, 5.41) is 1.65. The maximum Gasteiger partial charge on any atom is 0.263 e. The lowest BCUT2D eigenvalue weighted by Gasteiger charge is -2.32. The van der Waals surface area contributed by atoms with Gasteiger partial charge in [-0.2, -0.15) is 0 Å². The van der Waals surface area contributed by atoms with Gasteiger partial charge in [-0.15, -0.1) is 11.3 Å². The van der Waals surface area contributed by atoms with Crippen LogP contribution in [0.1, 0.15) is 44.4 Å². The van der Waals surface area contributed by atoms with Crippen molar-refractivity contribution in [1.82, 2.24) is 4.90 Å². The highest BCUT2D eigenvalue weighted by atomic mass is 32.1. The van der Waals surface area contributed by atoms with Crippen molar-refractivity contribution in [2.75, 3.05) is 13.1 Å². The average molecular weight is 314 g/mol. The van der Waals surface area contributed by atoms with Gasteiger partial charge < -0.3 is 10.6 Å². The fraction of sp³-hybridized carbons (Fsp3) is 0.294. The number of likely N-dealkylation sites (tertiary alicyclic amines) is 1. The van der Waals surface area contributed by atoms with E-state index in [9.17, 15) is 9.59 Å². The van der Waals surface area contributed by atoms with Crippen molar-refractivity contribution in [3.8, 4) is 0 Å². The van der Waals surface area contributed by atoms with Gasteiger partial charge in [0.05, 0.1) is 10.4 Å². The van der Waals surface area contributed by atoms with E-state index >= 15 is 0 Å². The van der Waals surface area contributed by atoms with Crippen LogP contribution in [0, 0.1) is 0 Å². The summed E-state index contributed by atoms with van der Waals surface area (Å²) >= 11 is 1.28. The highest BCUT2D eigenvalue weighted by Crippen LogP contribution is 2.29. The van der Waals surface area contributed by atoms with Gasteiger partial charge in [-0.1, -0.05) is 30.3 Å². The van der Waals surface area contributed by atoms with Crippen molar-refractivity contribution in [2.45, 2.75) is 18.8 Å². The van der Waals surface area contributed by atoms with Gasteiger partial charge in [0.15, 0.2) is 0 Å². The Bertz CT molecular complexity index is 673. The van der Waals surface area contributed by atoms with Crippen LogP contribution < -0.4 is 5.73 Å². The zero-order valence-corrected chi connectivity index (χ0v) is 13.0. The molecule has 22 heavy (non-hydrogen) atoms. The Labute approximate surface area is 133 Å². The van der Waals surface area contributed by atoms with Crippen LogP contribution in [-0.4, -0.2) is 29.8 Å². The molecule has 0 saturated carbocycles. The van der Waals surface area contributed by atoms with E-state index in [2.05, 4.69) is 24.3 Å². The summed E-state index contributed by atoms with van der Waals surface area (Å²) in [4.78, 5) is 26.0. The third kappa shape index (κ3) is 3.04. The summed E-state index contributed by atoms with van der Waals surface area (Å²) in [5.74, 6) is 0.0388. The third-order valence-electron chi connectivity index (χ3n) is 4.15. The minimum atomic E-state index is -0.488. The number of benzene rings is 1. The maximum absolute atomic E-state index is 12.5. The van der Waals surface area contributed by atoms with Crippen LogP contribution in [0.5, 0.6) is 0 Å². The van der Waals surface area contributed by atoms with Crippen LogP contribution in [0.4, 0.5) is 0 Å². The van der Waals surface area contributed by atoms with Gasteiger partial charge in [0.25, 0.3) is 5.91 Å². The van der Waals surface area contributed by atoms with E-state index in [0.717, 1.165) is 25.9 Å². The van der Waals surface area contributed by atoms with Crippen molar-refractivity contribution >= 4 is 23.2 Å². The predicted octanol–water partition coefficient (Wildman–Crippen LogP) is 2.87.